The molecule has 0 saturated carbocycles. The first-order valence-electron chi connectivity index (χ1n) is 22.3. The fraction of sp³-hybridized carbons (Fsp3) is 0. The van der Waals surface area contributed by atoms with Crippen LogP contribution in [0.15, 0.2) is 255 Å². The quantitative estimate of drug-likeness (QED) is 0.144. The minimum Gasteiger partial charge on any atom is -0.310 e. The zero-order chi connectivity index (χ0) is 43.1. The predicted molar refractivity (Wildman–Crippen MR) is 273 cm³/mol. The van der Waals surface area contributed by atoms with Gasteiger partial charge in [0.25, 0.3) is 0 Å². The second kappa shape index (κ2) is 16.3. The van der Waals surface area contributed by atoms with E-state index in [4.69, 9.17) is 4.98 Å². The van der Waals surface area contributed by atoms with Crippen molar-refractivity contribution in [1.29, 1.82) is 0 Å². The molecule has 0 fully saturated rings. The second-order valence-electron chi connectivity index (χ2n) is 16.7. The van der Waals surface area contributed by atoms with Gasteiger partial charge in [-0.25, -0.2) is 4.98 Å². The fourth-order valence-corrected chi connectivity index (χ4v) is 9.70. The maximum absolute atomic E-state index is 5.57. The molecule has 12 rings (SSSR count). The summed E-state index contributed by atoms with van der Waals surface area (Å²) in [6.45, 7) is 0. The predicted octanol–water partition coefficient (Wildman–Crippen LogP) is 17.4. The number of hydrogen-bond donors (Lipinski definition) is 0. The molecule has 11 aromatic rings. The van der Waals surface area contributed by atoms with E-state index in [0.29, 0.717) is 0 Å². The van der Waals surface area contributed by atoms with Crippen LogP contribution >= 0.6 is 0 Å². The van der Waals surface area contributed by atoms with Gasteiger partial charge >= 0.3 is 0 Å². The van der Waals surface area contributed by atoms with Crippen LogP contribution in [0.25, 0.3) is 100 Å². The van der Waals surface area contributed by atoms with Crippen LogP contribution in [-0.2, 0) is 0 Å². The Morgan fingerprint density at radius 3 is 1.35 bits per heavy atom. The molecule has 0 aliphatic heterocycles. The highest BCUT2D eigenvalue weighted by molar-refractivity contribution is 6.19. The molecule has 0 saturated heterocycles. The molecule has 0 spiro atoms. The van der Waals surface area contributed by atoms with Gasteiger partial charge in [0.1, 0.15) is 0 Å². The summed E-state index contributed by atoms with van der Waals surface area (Å²) in [6, 6.07) is 92.0. The first-order valence-corrected chi connectivity index (χ1v) is 22.3. The van der Waals surface area contributed by atoms with Gasteiger partial charge in [0, 0.05) is 28.1 Å². The number of anilines is 3. The van der Waals surface area contributed by atoms with E-state index in [2.05, 4.69) is 260 Å². The molecule has 1 aliphatic carbocycles. The summed E-state index contributed by atoms with van der Waals surface area (Å²) in [7, 11) is 0. The van der Waals surface area contributed by atoms with Crippen molar-refractivity contribution >= 4 is 27.8 Å². The highest BCUT2D eigenvalue weighted by Crippen LogP contribution is 2.54. The smallest absolute Gasteiger partial charge is 0.0722 e. The van der Waals surface area contributed by atoms with Crippen LogP contribution in [0.1, 0.15) is 0 Å². The standard InChI is InChI=1S/C63H42N2/c1-5-17-43(18-6-1)45-31-33-46(34-32-45)47-35-37-52(38-36-47)65(61-30-14-13-27-54(61)48-21-9-3-10-22-48)53-41-57-55-28-15-25-50-26-16-29-56(62(50)55)63(57)58(42-53)60-40-51(44-19-7-2-8-20-44)39-59(64-60)49-23-11-4-12-24-49/h1-42H. The molecule has 0 amide bonds. The number of rotatable bonds is 9. The SMILES string of the molecule is c1ccc(-c2ccc(-c3ccc(N(c4cc(-c5cc(-c6ccccc6)cc(-c6ccccc6)n5)c5c(c4)-c4cccc6cccc-5c46)c4ccccc4-c4ccccc4)cc3)cc2)cc1. The lowest BCUT2D eigenvalue weighted by atomic mass is 9.92. The Balaban J connectivity index is 1.09. The summed E-state index contributed by atoms with van der Waals surface area (Å²) in [5.74, 6) is 0. The van der Waals surface area contributed by atoms with Crippen LogP contribution in [0.3, 0.4) is 0 Å². The first-order chi connectivity index (χ1) is 32.2. The third kappa shape index (κ3) is 6.99. The van der Waals surface area contributed by atoms with Crippen molar-refractivity contribution < 1.29 is 0 Å². The summed E-state index contributed by atoms with van der Waals surface area (Å²) in [5, 5.41) is 2.52. The van der Waals surface area contributed by atoms with Crippen molar-refractivity contribution in [3.8, 4) is 89.3 Å². The van der Waals surface area contributed by atoms with E-state index in [-0.39, 0.29) is 0 Å². The highest BCUT2D eigenvalue weighted by Gasteiger charge is 2.29. The zero-order valence-corrected chi connectivity index (χ0v) is 35.6. The summed E-state index contributed by atoms with van der Waals surface area (Å²) < 4.78 is 0. The molecule has 2 heteroatoms. The van der Waals surface area contributed by atoms with E-state index in [0.717, 1.165) is 67.4 Å². The number of nitrogens with zero attached hydrogens (tertiary/aromatic N) is 2. The lowest BCUT2D eigenvalue weighted by Gasteiger charge is -2.29. The van der Waals surface area contributed by atoms with Gasteiger partial charge in [-0.1, -0.05) is 212 Å². The number of benzene rings is 10. The Hall–Kier alpha value is -8.59. The van der Waals surface area contributed by atoms with E-state index in [1.54, 1.807) is 0 Å². The summed E-state index contributed by atoms with van der Waals surface area (Å²) in [4.78, 5) is 8.01. The highest BCUT2D eigenvalue weighted by atomic mass is 15.1. The molecular weight excluding hydrogens is 785 g/mol. The van der Waals surface area contributed by atoms with Crippen molar-refractivity contribution in [1.82, 2.24) is 4.98 Å². The van der Waals surface area contributed by atoms with E-state index in [1.807, 2.05) is 0 Å². The van der Waals surface area contributed by atoms with Crippen molar-refractivity contribution in [3.05, 3.63) is 255 Å². The largest absolute Gasteiger partial charge is 0.310 e. The zero-order valence-electron chi connectivity index (χ0n) is 35.6. The third-order valence-corrected chi connectivity index (χ3v) is 12.8. The molecule has 1 aromatic heterocycles. The van der Waals surface area contributed by atoms with Gasteiger partial charge in [0.05, 0.1) is 17.1 Å². The Labute approximate surface area is 380 Å². The van der Waals surface area contributed by atoms with Gasteiger partial charge in [0.2, 0.25) is 0 Å². The number of hydrogen-bond acceptors (Lipinski definition) is 2. The van der Waals surface area contributed by atoms with Crippen LogP contribution in [0, 0.1) is 0 Å². The van der Waals surface area contributed by atoms with E-state index in [1.165, 1.54) is 49.7 Å². The third-order valence-electron chi connectivity index (χ3n) is 12.8. The molecule has 1 aliphatic rings. The summed E-state index contributed by atoms with van der Waals surface area (Å²) >= 11 is 0. The Kier molecular flexibility index (Phi) is 9.54. The Morgan fingerprint density at radius 1 is 0.262 bits per heavy atom. The average molecular weight is 827 g/mol. The maximum Gasteiger partial charge on any atom is 0.0722 e. The molecule has 0 bridgehead atoms. The van der Waals surface area contributed by atoms with Crippen molar-refractivity contribution in [3.63, 3.8) is 0 Å². The minimum atomic E-state index is 0.929. The topological polar surface area (TPSA) is 16.1 Å². The molecule has 0 unspecified atom stereocenters. The number of fused-ring (bicyclic) bond motifs is 3. The van der Waals surface area contributed by atoms with Gasteiger partial charge in [-0.05, 0) is 114 Å². The van der Waals surface area contributed by atoms with Crippen LogP contribution in [0.5, 0.6) is 0 Å². The van der Waals surface area contributed by atoms with Crippen LogP contribution in [0.4, 0.5) is 17.1 Å². The number of pyridine rings is 1. The van der Waals surface area contributed by atoms with Crippen LogP contribution < -0.4 is 4.90 Å². The van der Waals surface area contributed by atoms with Gasteiger partial charge in [-0.2, -0.15) is 0 Å². The monoisotopic (exact) mass is 826 g/mol. The van der Waals surface area contributed by atoms with Crippen molar-refractivity contribution in [2.24, 2.45) is 0 Å². The van der Waals surface area contributed by atoms with Gasteiger partial charge in [-0.3, -0.25) is 0 Å². The minimum absolute atomic E-state index is 0.929. The summed E-state index contributed by atoms with van der Waals surface area (Å²) in [6.07, 6.45) is 0. The van der Waals surface area contributed by atoms with Gasteiger partial charge < -0.3 is 4.90 Å². The fourth-order valence-electron chi connectivity index (χ4n) is 9.70. The lowest BCUT2D eigenvalue weighted by Crippen LogP contribution is -2.12. The first kappa shape index (κ1) is 38.1. The maximum atomic E-state index is 5.57. The van der Waals surface area contributed by atoms with Crippen LogP contribution in [-0.4, -0.2) is 4.98 Å². The van der Waals surface area contributed by atoms with Gasteiger partial charge in [-0.15, -0.1) is 0 Å². The Bertz CT molecular complexity index is 3430. The average Bonchev–Trinajstić information content (AvgIpc) is 3.72. The normalized spacial score (nSPS) is 11.4. The number of aromatic nitrogens is 1. The molecule has 2 nitrogen and oxygen atoms in total. The van der Waals surface area contributed by atoms with Crippen molar-refractivity contribution in [2.75, 3.05) is 4.90 Å². The molecule has 10 aromatic carbocycles. The Morgan fingerprint density at radius 2 is 0.723 bits per heavy atom. The van der Waals surface area contributed by atoms with Gasteiger partial charge in [0.15, 0.2) is 0 Å². The molecular formula is C63H42N2. The molecule has 304 valence electrons. The molecule has 0 radical (unpaired) electrons. The van der Waals surface area contributed by atoms with Crippen LogP contribution in [0.2, 0.25) is 0 Å². The molecule has 65 heavy (non-hydrogen) atoms. The van der Waals surface area contributed by atoms with E-state index >= 15 is 0 Å². The van der Waals surface area contributed by atoms with Crippen molar-refractivity contribution in [2.45, 2.75) is 0 Å². The molecule has 0 atom stereocenters. The molecule has 0 N–H and O–H groups in total. The summed E-state index contributed by atoms with van der Waals surface area (Å²) in [5.41, 5.74) is 21.5. The number of para-hydroxylation sites is 1. The van der Waals surface area contributed by atoms with E-state index < -0.39 is 0 Å². The lowest BCUT2D eigenvalue weighted by molar-refractivity contribution is 1.28. The molecule has 1 heterocycles. The second-order valence-corrected chi connectivity index (χ2v) is 16.7. The van der Waals surface area contributed by atoms with E-state index in [9.17, 15) is 0 Å².